The Labute approximate surface area is 126 Å². The van der Waals surface area contributed by atoms with Crippen molar-refractivity contribution >= 4 is 22.6 Å². The lowest BCUT2D eigenvalue weighted by Crippen LogP contribution is -2.17. The van der Waals surface area contributed by atoms with Crippen molar-refractivity contribution in [2.75, 3.05) is 5.73 Å². The summed E-state index contributed by atoms with van der Waals surface area (Å²) < 4.78 is 0. The summed E-state index contributed by atoms with van der Waals surface area (Å²) in [5, 5.41) is 9.93. The quantitative estimate of drug-likeness (QED) is 0.668. The van der Waals surface area contributed by atoms with E-state index in [0.29, 0.717) is 27.7 Å². The number of carbonyl (C=O) groups excluding carboxylic acids is 1. The number of hydrogen-bond donors (Lipinski definition) is 3. The molecule has 0 saturated heterocycles. The van der Waals surface area contributed by atoms with Crippen LogP contribution in [0.3, 0.4) is 0 Å². The van der Waals surface area contributed by atoms with Gasteiger partial charge in [0.25, 0.3) is 5.91 Å². The lowest BCUT2D eigenvalue weighted by atomic mass is 9.96. The molecule has 0 fully saturated rings. The molecular weight excluding hydrogens is 280 g/mol. The summed E-state index contributed by atoms with van der Waals surface area (Å²) in [5.74, 6) is -0.569. The minimum Gasteiger partial charge on any atom is -0.508 e. The van der Waals surface area contributed by atoms with Gasteiger partial charge in [0, 0.05) is 11.8 Å². The van der Waals surface area contributed by atoms with Crippen molar-refractivity contribution in [3.8, 4) is 16.9 Å². The Morgan fingerprint density at radius 2 is 2.00 bits per heavy atom. The van der Waals surface area contributed by atoms with E-state index in [2.05, 4.69) is 9.97 Å². The largest absolute Gasteiger partial charge is 0.508 e. The van der Waals surface area contributed by atoms with Gasteiger partial charge < -0.3 is 16.6 Å². The molecule has 2 aromatic heterocycles. The number of benzene rings is 1. The molecule has 0 aliphatic heterocycles. The van der Waals surface area contributed by atoms with Gasteiger partial charge in [-0.2, -0.15) is 0 Å². The lowest BCUT2D eigenvalue weighted by Gasteiger charge is -2.14. The molecule has 0 spiro atoms. The normalized spacial score (nSPS) is 10.8. The molecule has 0 saturated carbocycles. The first-order chi connectivity index (χ1) is 10.5. The molecule has 110 valence electrons. The van der Waals surface area contributed by atoms with Gasteiger partial charge in [0.15, 0.2) is 5.69 Å². The average molecular weight is 294 g/mol. The first-order valence-corrected chi connectivity index (χ1v) is 6.63. The zero-order valence-electron chi connectivity index (χ0n) is 11.9. The number of amides is 1. The van der Waals surface area contributed by atoms with Crippen LogP contribution in [0.1, 0.15) is 16.1 Å². The number of pyridine rings is 2. The standard InChI is InChI=1S/C16H14N4O2/c1-8-9(4-2-6-11(8)21)12-13(17)15(16(18)22)20-10-5-3-7-19-14(10)12/h2-7,21H,17H2,1H3,(H2,18,22). The number of nitrogens with two attached hydrogens (primary N) is 2. The highest BCUT2D eigenvalue weighted by Crippen LogP contribution is 2.37. The maximum Gasteiger partial charge on any atom is 0.269 e. The maximum absolute atomic E-state index is 11.6. The maximum atomic E-state index is 11.6. The predicted octanol–water partition coefficient (Wildman–Crippen LogP) is 1.99. The van der Waals surface area contributed by atoms with Gasteiger partial charge in [-0.15, -0.1) is 0 Å². The Bertz CT molecular complexity index is 906. The summed E-state index contributed by atoms with van der Waals surface area (Å²) in [4.78, 5) is 20.1. The Morgan fingerprint density at radius 3 is 2.73 bits per heavy atom. The molecule has 22 heavy (non-hydrogen) atoms. The van der Waals surface area contributed by atoms with Gasteiger partial charge in [0.2, 0.25) is 0 Å². The fourth-order valence-electron chi connectivity index (χ4n) is 2.46. The first-order valence-electron chi connectivity index (χ1n) is 6.63. The van der Waals surface area contributed by atoms with E-state index in [9.17, 15) is 9.90 Å². The predicted molar refractivity (Wildman–Crippen MR) is 84.3 cm³/mol. The molecule has 0 radical (unpaired) electrons. The van der Waals surface area contributed by atoms with Crippen molar-refractivity contribution in [3.63, 3.8) is 0 Å². The van der Waals surface area contributed by atoms with Crippen LogP contribution in [0.4, 0.5) is 5.69 Å². The van der Waals surface area contributed by atoms with Crippen LogP contribution in [-0.2, 0) is 0 Å². The molecule has 2 heterocycles. The smallest absolute Gasteiger partial charge is 0.269 e. The van der Waals surface area contributed by atoms with Crippen molar-refractivity contribution in [1.82, 2.24) is 9.97 Å². The van der Waals surface area contributed by atoms with Gasteiger partial charge in [-0.3, -0.25) is 9.78 Å². The lowest BCUT2D eigenvalue weighted by molar-refractivity contribution is 0.0997. The van der Waals surface area contributed by atoms with E-state index >= 15 is 0 Å². The molecule has 6 heteroatoms. The molecule has 0 atom stereocenters. The average Bonchev–Trinajstić information content (AvgIpc) is 2.50. The van der Waals surface area contributed by atoms with Gasteiger partial charge >= 0.3 is 0 Å². The van der Waals surface area contributed by atoms with Crippen molar-refractivity contribution in [1.29, 1.82) is 0 Å². The monoisotopic (exact) mass is 294 g/mol. The van der Waals surface area contributed by atoms with Crippen LogP contribution < -0.4 is 11.5 Å². The van der Waals surface area contributed by atoms with Crippen molar-refractivity contribution < 1.29 is 9.90 Å². The van der Waals surface area contributed by atoms with E-state index < -0.39 is 5.91 Å². The third-order valence-corrected chi connectivity index (χ3v) is 3.59. The molecule has 5 N–H and O–H groups in total. The van der Waals surface area contributed by atoms with Crippen LogP contribution in [0.5, 0.6) is 5.75 Å². The number of hydrogen-bond acceptors (Lipinski definition) is 5. The molecule has 0 aliphatic carbocycles. The van der Waals surface area contributed by atoms with Crippen molar-refractivity contribution in [3.05, 3.63) is 47.8 Å². The summed E-state index contributed by atoms with van der Waals surface area (Å²) >= 11 is 0. The number of nitrogen functional groups attached to an aromatic ring is 1. The molecule has 1 aromatic carbocycles. The third-order valence-electron chi connectivity index (χ3n) is 3.59. The molecule has 0 aliphatic rings. The van der Waals surface area contributed by atoms with Crippen LogP contribution in [0, 0.1) is 6.92 Å². The first kappa shape index (κ1) is 13.8. The zero-order chi connectivity index (χ0) is 15.9. The zero-order valence-corrected chi connectivity index (χ0v) is 11.9. The SMILES string of the molecule is Cc1c(O)cccc1-c1c(N)c(C(N)=O)nc2cccnc12. The fraction of sp³-hybridized carbons (Fsp3) is 0.0625. The second kappa shape index (κ2) is 5.00. The molecule has 0 bridgehead atoms. The highest BCUT2D eigenvalue weighted by atomic mass is 16.3. The Balaban J connectivity index is 2.49. The third kappa shape index (κ3) is 2.01. The summed E-state index contributed by atoms with van der Waals surface area (Å²) in [7, 11) is 0. The number of carbonyl (C=O) groups is 1. The number of nitrogens with zero attached hydrogens (tertiary/aromatic N) is 2. The van der Waals surface area contributed by atoms with Gasteiger partial charge in [-0.05, 0) is 36.2 Å². The second-order valence-electron chi connectivity index (χ2n) is 4.93. The van der Waals surface area contributed by atoms with E-state index in [-0.39, 0.29) is 17.1 Å². The number of fused-ring (bicyclic) bond motifs is 1. The number of primary amides is 1. The van der Waals surface area contributed by atoms with E-state index in [4.69, 9.17) is 11.5 Å². The van der Waals surface area contributed by atoms with Gasteiger partial charge in [-0.25, -0.2) is 4.98 Å². The van der Waals surface area contributed by atoms with Crippen molar-refractivity contribution in [2.24, 2.45) is 5.73 Å². The number of rotatable bonds is 2. The minimum atomic E-state index is -0.706. The van der Waals surface area contributed by atoms with Crippen molar-refractivity contribution in [2.45, 2.75) is 6.92 Å². The van der Waals surface area contributed by atoms with E-state index in [1.54, 1.807) is 43.5 Å². The highest BCUT2D eigenvalue weighted by Gasteiger charge is 2.20. The summed E-state index contributed by atoms with van der Waals surface area (Å²) in [6.45, 7) is 1.77. The molecular formula is C16H14N4O2. The van der Waals surface area contributed by atoms with Crippen LogP contribution in [0.25, 0.3) is 22.2 Å². The number of aromatic hydroxyl groups is 1. The van der Waals surface area contributed by atoms with Gasteiger partial charge in [0.05, 0.1) is 16.7 Å². The van der Waals surface area contributed by atoms with Crippen LogP contribution in [-0.4, -0.2) is 21.0 Å². The minimum absolute atomic E-state index is 0.00163. The van der Waals surface area contributed by atoms with Crippen LogP contribution >= 0.6 is 0 Å². The Morgan fingerprint density at radius 1 is 1.23 bits per heavy atom. The highest BCUT2D eigenvalue weighted by molar-refractivity contribution is 6.07. The number of anilines is 1. The summed E-state index contributed by atoms with van der Waals surface area (Å²) in [6.07, 6.45) is 1.62. The Kier molecular flexibility index (Phi) is 3.14. The molecule has 0 unspecified atom stereocenters. The number of aromatic nitrogens is 2. The number of phenols is 1. The van der Waals surface area contributed by atoms with Gasteiger partial charge in [0.1, 0.15) is 5.75 Å². The van der Waals surface area contributed by atoms with E-state index in [1.165, 1.54) is 0 Å². The van der Waals surface area contributed by atoms with Crippen LogP contribution in [0.15, 0.2) is 36.5 Å². The Hall–Kier alpha value is -3.15. The molecule has 6 nitrogen and oxygen atoms in total. The molecule has 3 rings (SSSR count). The van der Waals surface area contributed by atoms with Gasteiger partial charge in [-0.1, -0.05) is 12.1 Å². The summed E-state index contributed by atoms with van der Waals surface area (Å²) in [5.41, 5.74) is 14.6. The number of phenolic OH excluding ortho intramolecular Hbond substituents is 1. The summed E-state index contributed by atoms with van der Waals surface area (Å²) in [6, 6.07) is 8.54. The van der Waals surface area contributed by atoms with E-state index in [1.807, 2.05) is 0 Å². The second-order valence-corrected chi connectivity index (χ2v) is 4.93. The topological polar surface area (TPSA) is 115 Å². The molecule has 3 aromatic rings. The van der Waals surface area contributed by atoms with Crippen LogP contribution in [0.2, 0.25) is 0 Å². The molecule has 1 amide bonds. The fourth-order valence-corrected chi connectivity index (χ4v) is 2.46. The van der Waals surface area contributed by atoms with E-state index in [0.717, 1.165) is 0 Å².